The molecule has 7 nitrogen and oxygen atoms in total. The number of rotatable bonds is 8. The number of ether oxygens (including phenoxy) is 1. The van der Waals surface area contributed by atoms with Crippen LogP contribution in [-0.4, -0.2) is 35.8 Å². The van der Waals surface area contributed by atoms with Gasteiger partial charge in [0.15, 0.2) is 11.8 Å². The first-order chi connectivity index (χ1) is 12.9. The molecule has 0 unspecified atom stereocenters. The fraction of sp³-hybridized carbons (Fsp3) is 0.438. The molecule has 1 heterocycles. The molecule has 0 saturated heterocycles. The molecular formula is C16H20Cl2F2IN5O2. The summed E-state index contributed by atoms with van der Waals surface area (Å²) in [7, 11) is 0. The van der Waals surface area contributed by atoms with Gasteiger partial charge in [-0.2, -0.15) is 13.8 Å². The third-order valence-electron chi connectivity index (χ3n) is 3.24. The molecular weight excluding hydrogens is 530 g/mol. The van der Waals surface area contributed by atoms with Crippen LogP contribution < -0.4 is 15.4 Å². The van der Waals surface area contributed by atoms with Gasteiger partial charge in [-0.05, 0) is 26.0 Å². The Hall–Kier alpha value is -1.40. The number of alkyl halides is 2. The van der Waals surface area contributed by atoms with Crippen LogP contribution in [-0.2, 0) is 13.0 Å². The monoisotopic (exact) mass is 549 g/mol. The average Bonchev–Trinajstić information content (AvgIpc) is 3.00. The van der Waals surface area contributed by atoms with Gasteiger partial charge in [0.1, 0.15) is 5.75 Å². The summed E-state index contributed by atoms with van der Waals surface area (Å²) in [5, 5.41) is 10.2. The molecule has 2 rings (SSSR count). The normalized spacial score (nSPS) is 11.3. The Morgan fingerprint density at radius 3 is 2.68 bits per heavy atom. The van der Waals surface area contributed by atoms with Gasteiger partial charge in [-0.1, -0.05) is 28.4 Å². The molecule has 1 aromatic carbocycles. The Balaban J connectivity index is 0.00000392. The lowest BCUT2D eigenvalue weighted by atomic mass is 10.2. The fourth-order valence-corrected chi connectivity index (χ4v) is 2.77. The maximum absolute atomic E-state index is 12.6. The van der Waals surface area contributed by atoms with Gasteiger partial charge in [-0.15, -0.1) is 24.0 Å². The summed E-state index contributed by atoms with van der Waals surface area (Å²) in [5.41, 5.74) is 0.345. The first-order valence-electron chi connectivity index (χ1n) is 8.13. The quantitative estimate of drug-likeness (QED) is 0.292. The van der Waals surface area contributed by atoms with Crippen molar-refractivity contribution in [2.45, 2.75) is 33.4 Å². The number of nitrogens with zero attached hydrogens (tertiary/aromatic N) is 3. The first kappa shape index (κ1) is 24.6. The van der Waals surface area contributed by atoms with Gasteiger partial charge < -0.3 is 19.9 Å². The van der Waals surface area contributed by atoms with E-state index >= 15 is 0 Å². The van der Waals surface area contributed by atoms with Crippen molar-refractivity contribution in [3.63, 3.8) is 0 Å². The van der Waals surface area contributed by atoms with Crippen molar-refractivity contribution in [2.24, 2.45) is 4.99 Å². The smallest absolute Gasteiger partial charge is 0.387 e. The molecule has 0 spiro atoms. The van der Waals surface area contributed by atoms with Crippen LogP contribution in [0.15, 0.2) is 21.6 Å². The second-order valence-electron chi connectivity index (χ2n) is 5.36. The van der Waals surface area contributed by atoms with Crippen LogP contribution in [0.25, 0.3) is 0 Å². The Kier molecular flexibility index (Phi) is 10.8. The van der Waals surface area contributed by atoms with E-state index in [9.17, 15) is 8.78 Å². The summed E-state index contributed by atoms with van der Waals surface area (Å²) >= 11 is 11.9. The molecule has 0 atom stereocenters. The molecule has 0 saturated carbocycles. The first-order valence-corrected chi connectivity index (χ1v) is 8.88. The molecule has 0 bridgehead atoms. The van der Waals surface area contributed by atoms with Gasteiger partial charge >= 0.3 is 6.61 Å². The van der Waals surface area contributed by atoms with Gasteiger partial charge in [0, 0.05) is 30.1 Å². The maximum atomic E-state index is 12.6. The van der Waals surface area contributed by atoms with Crippen LogP contribution in [0.1, 0.15) is 24.2 Å². The lowest BCUT2D eigenvalue weighted by Crippen LogP contribution is -2.38. The molecule has 0 fully saturated rings. The van der Waals surface area contributed by atoms with Crippen LogP contribution in [0.2, 0.25) is 10.0 Å². The Bertz CT molecular complexity index is 792. The standard InChI is InChI=1S/C16H19Cl2F2N5O2.HI/c1-3-21-16(22-5-4-13-24-9(2)25-27-13)23-8-10-6-11(17)7-12(18)14(10)26-15(19)20;/h6-7,15H,3-5,8H2,1-2H3,(H2,21,22,23);1H. The molecule has 28 heavy (non-hydrogen) atoms. The second kappa shape index (κ2) is 12.2. The minimum Gasteiger partial charge on any atom is -0.433 e. The predicted octanol–water partition coefficient (Wildman–Crippen LogP) is 4.20. The van der Waals surface area contributed by atoms with Crippen molar-refractivity contribution < 1.29 is 18.0 Å². The highest BCUT2D eigenvalue weighted by Crippen LogP contribution is 2.34. The highest BCUT2D eigenvalue weighted by molar-refractivity contribution is 14.0. The minimum absolute atomic E-state index is 0. The van der Waals surface area contributed by atoms with Crippen LogP contribution >= 0.6 is 47.2 Å². The zero-order valence-corrected chi connectivity index (χ0v) is 19.0. The Labute approximate surface area is 188 Å². The van der Waals surface area contributed by atoms with Gasteiger partial charge in [0.2, 0.25) is 5.89 Å². The van der Waals surface area contributed by atoms with E-state index in [0.29, 0.717) is 47.8 Å². The molecule has 156 valence electrons. The number of aromatic nitrogens is 2. The molecule has 0 amide bonds. The van der Waals surface area contributed by atoms with Gasteiger partial charge in [0.05, 0.1) is 11.6 Å². The lowest BCUT2D eigenvalue weighted by molar-refractivity contribution is -0.0503. The molecule has 2 aromatic rings. The van der Waals surface area contributed by atoms with E-state index in [1.165, 1.54) is 12.1 Å². The second-order valence-corrected chi connectivity index (χ2v) is 6.21. The van der Waals surface area contributed by atoms with E-state index in [4.69, 9.17) is 27.7 Å². The topological polar surface area (TPSA) is 84.6 Å². The van der Waals surface area contributed by atoms with E-state index in [0.717, 1.165) is 0 Å². The number of hydrogen-bond donors (Lipinski definition) is 2. The van der Waals surface area contributed by atoms with Crippen molar-refractivity contribution in [1.29, 1.82) is 0 Å². The van der Waals surface area contributed by atoms with Gasteiger partial charge in [0.25, 0.3) is 0 Å². The van der Waals surface area contributed by atoms with Crippen molar-refractivity contribution >= 4 is 53.1 Å². The number of guanidine groups is 1. The molecule has 2 N–H and O–H groups in total. The summed E-state index contributed by atoms with van der Waals surface area (Å²) in [6.07, 6.45) is 0.508. The molecule has 1 aromatic heterocycles. The average molecular weight is 550 g/mol. The third-order valence-corrected chi connectivity index (χ3v) is 3.74. The Morgan fingerprint density at radius 1 is 1.32 bits per heavy atom. The SMILES string of the molecule is CCNC(=NCc1cc(Cl)cc(Cl)c1OC(F)F)NCCc1nc(C)no1.I. The van der Waals surface area contributed by atoms with Crippen LogP contribution in [0, 0.1) is 6.92 Å². The van der Waals surface area contributed by atoms with Crippen LogP contribution in [0.4, 0.5) is 8.78 Å². The van der Waals surface area contributed by atoms with Crippen molar-refractivity contribution in [1.82, 2.24) is 20.8 Å². The lowest BCUT2D eigenvalue weighted by Gasteiger charge is -2.13. The third kappa shape index (κ3) is 7.92. The number of aryl methyl sites for hydroxylation is 1. The Morgan fingerprint density at radius 2 is 2.07 bits per heavy atom. The molecule has 0 aliphatic rings. The zero-order chi connectivity index (χ0) is 19.8. The van der Waals surface area contributed by atoms with Crippen molar-refractivity contribution in [3.05, 3.63) is 39.5 Å². The minimum atomic E-state index is -3.00. The number of nitrogens with one attached hydrogen (secondary N) is 2. The van der Waals surface area contributed by atoms with E-state index in [-0.39, 0.29) is 41.3 Å². The molecule has 12 heteroatoms. The number of benzene rings is 1. The summed E-state index contributed by atoms with van der Waals surface area (Å²) in [6, 6.07) is 2.82. The number of halogens is 5. The summed E-state index contributed by atoms with van der Waals surface area (Å²) in [5.74, 6) is 1.41. The highest BCUT2D eigenvalue weighted by atomic mass is 127. The zero-order valence-electron chi connectivity index (χ0n) is 15.1. The van der Waals surface area contributed by atoms with E-state index in [1.54, 1.807) is 6.92 Å². The van der Waals surface area contributed by atoms with E-state index in [2.05, 4.69) is 30.5 Å². The largest absolute Gasteiger partial charge is 0.433 e. The fourth-order valence-electron chi connectivity index (χ4n) is 2.19. The summed E-state index contributed by atoms with van der Waals surface area (Å²) < 4.78 is 34.8. The molecule has 0 radical (unpaired) electrons. The van der Waals surface area contributed by atoms with Crippen molar-refractivity contribution in [2.75, 3.05) is 13.1 Å². The van der Waals surface area contributed by atoms with Crippen LogP contribution in [0.3, 0.4) is 0 Å². The van der Waals surface area contributed by atoms with Gasteiger partial charge in [-0.25, -0.2) is 4.99 Å². The van der Waals surface area contributed by atoms with E-state index in [1.807, 2.05) is 6.92 Å². The summed E-state index contributed by atoms with van der Waals surface area (Å²) in [4.78, 5) is 8.47. The van der Waals surface area contributed by atoms with Crippen molar-refractivity contribution in [3.8, 4) is 5.75 Å². The highest BCUT2D eigenvalue weighted by Gasteiger charge is 2.15. The molecule has 0 aliphatic heterocycles. The van der Waals surface area contributed by atoms with Gasteiger partial charge in [-0.3, -0.25) is 0 Å². The predicted molar refractivity (Wildman–Crippen MR) is 114 cm³/mol. The van der Waals surface area contributed by atoms with Crippen LogP contribution in [0.5, 0.6) is 5.75 Å². The summed E-state index contributed by atoms with van der Waals surface area (Å²) in [6.45, 7) is 1.78. The number of hydrogen-bond acceptors (Lipinski definition) is 5. The maximum Gasteiger partial charge on any atom is 0.387 e. The number of aliphatic imine (C=N–C) groups is 1. The molecule has 0 aliphatic carbocycles. The van der Waals surface area contributed by atoms with E-state index < -0.39 is 6.61 Å².